The number of para-hydroxylation sites is 1. The van der Waals surface area contributed by atoms with E-state index in [4.69, 9.17) is 4.74 Å². The van der Waals surface area contributed by atoms with Gasteiger partial charge in [0.05, 0.1) is 12.2 Å². The van der Waals surface area contributed by atoms with Gasteiger partial charge in [-0.1, -0.05) is 48.0 Å². The molecule has 170 valence electrons. The number of rotatable bonds is 6. The molecule has 0 N–H and O–H groups in total. The van der Waals surface area contributed by atoms with Crippen molar-refractivity contribution in [1.29, 1.82) is 0 Å². The van der Waals surface area contributed by atoms with Gasteiger partial charge in [-0.05, 0) is 57.4 Å². The van der Waals surface area contributed by atoms with Crippen LogP contribution in [0.2, 0.25) is 0 Å². The molecule has 1 unspecified atom stereocenters. The number of hydrogen-bond acceptors (Lipinski definition) is 4. The van der Waals surface area contributed by atoms with Crippen molar-refractivity contribution in [2.24, 2.45) is 0 Å². The van der Waals surface area contributed by atoms with Crippen LogP contribution in [0.15, 0.2) is 54.6 Å². The van der Waals surface area contributed by atoms with E-state index in [-0.39, 0.29) is 5.91 Å². The highest BCUT2D eigenvalue weighted by atomic mass is 16.5. The number of hydrogen-bond donors (Lipinski definition) is 0. The minimum atomic E-state index is -0.861. The molecule has 0 saturated heterocycles. The van der Waals surface area contributed by atoms with Gasteiger partial charge >= 0.3 is 5.97 Å². The van der Waals surface area contributed by atoms with Crippen molar-refractivity contribution in [3.05, 3.63) is 88.2 Å². The molecular weight excluding hydrogens is 414 g/mol. The molecule has 1 aliphatic heterocycles. The Bertz CT molecular complexity index is 1210. The van der Waals surface area contributed by atoms with E-state index in [1.807, 2.05) is 42.8 Å². The molecule has 0 spiro atoms. The fraction of sp³-hybridized carbons (Fsp3) is 0.296. The Morgan fingerprint density at radius 2 is 1.82 bits per heavy atom. The monoisotopic (exact) mass is 443 g/mol. The van der Waals surface area contributed by atoms with Crippen molar-refractivity contribution in [2.75, 3.05) is 11.4 Å². The van der Waals surface area contributed by atoms with E-state index in [2.05, 4.69) is 36.3 Å². The lowest BCUT2D eigenvalue weighted by Gasteiger charge is -2.21. The summed E-state index contributed by atoms with van der Waals surface area (Å²) in [5, 5.41) is 4.62. The molecule has 33 heavy (non-hydrogen) atoms. The molecule has 1 atom stereocenters. The van der Waals surface area contributed by atoms with Crippen molar-refractivity contribution < 1.29 is 14.3 Å². The second-order valence-corrected chi connectivity index (χ2v) is 8.51. The van der Waals surface area contributed by atoms with Crippen LogP contribution in [0.1, 0.15) is 40.6 Å². The summed E-state index contributed by atoms with van der Waals surface area (Å²) in [5.74, 6) is -0.756. The van der Waals surface area contributed by atoms with Crippen molar-refractivity contribution in [1.82, 2.24) is 9.78 Å². The Morgan fingerprint density at radius 3 is 2.58 bits per heavy atom. The molecular formula is C27H29N3O3. The second kappa shape index (κ2) is 9.45. The maximum Gasteiger partial charge on any atom is 0.331 e. The topological polar surface area (TPSA) is 64.4 Å². The van der Waals surface area contributed by atoms with Gasteiger partial charge in [0.15, 0.2) is 6.10 Å². The minimum absolute atomic E-state index is 0.208. The third kappa shape index (κ3) is 4.90. The van der Waals surface area contributed by atoms with E-state index < -0.39 is 12.1 Å². The maximum absolute atomic E-state index is 12.8. The number of aryl methyl sites for hydroxylation is 2. The molecule has 1 aromatic heterocycles. The average molecular weight is 444 g/mol. The van der Waals surface area contributed by atoms with Crippen LogP contribution in [0.4, 0.5) is 5.69 Å². The summed E-state index contributed by atoms with van der Waals surface area (Å²) in [6.45, 7) is 8.85. The van der Waals surface area contributed by atoms with Gasteiger partial charge in [-0.3, -0.25) is 9.48 Å². The molecule has 0 aliphatic carbocycles. The Morgan fingerprint density at radius 1 is 1.09 bits per heavy atom. The molecule has 1 aliphatic rings. The number of fused-ring (bicyclic) bond motifs is 1. The molecule has 6 heteroatoms. The number of amides is 1. The molecule has 0 fully saturated rings. The van der Waals surface area contributed by atoms with Gasteiger partial charge in [0.1, 0.15) is 0 Å². The standard InChI is InChI=1S/C27H29N3O3/c1-18-9-11-22(12-10-18)17-30-20(3)24(19(2)28-30)13-14-26(31)33-21(4)27(32)29-16-15-23-7-5-6-8-25(23)29/h5-14,21H,15-17H2,1-4H3. The van der Waals surface area contributed by atoms with Gasteiger partial charge in [0.2, 0.25) is 0 Å². The fourth-order valence-electron chi connectivity index (χ4n) is 4.17. The third-order valence-corrected chi connectivity index (χ3v) is 6.07. The zero-order valence-electron chi connectivity index (χ0n) is 19.5. The van der Waals surface area contributed by atoms with Crippen LogP contribution in [0.25, 0.3) is 6.08 Å². The summed E-state index contributed by atoms with van der Waals surface area (Å²) in [5.41, 5.74) is 7.10. The lowest BCUT2D eigenvalue weighted by molar-refractivity contribution is -0.149. The largest absolute Gasteiger partial charge is 0.449 e. The van der Waals surface area contributed by atoms with E-state index in [0.717, 1.165) is 40.2 Å². The summed E-state index contributed by atoms with van der Waals surface area (Å²) in [7, 11) is 0. The van der Waals surface area contributed by atoms with Crippen molar-refractivity contribution in [3.8, 4) is 0 Å². The number of ether oxygens (including phenoxy) is 1. The molecule has 0 saturated carbocycles. The molecule has 6 nitrogen and oxygen atoms in total. The third-order valence-electron chi connectivity index (χ3n) is 6.07. The molecule has 2 aromatic carbocycles. The number of carbonyl (C=O) groups is 2. The number of aromatic nitrogens is 2. The van der Waals surface area contributed by atoms with E-state index in [0.29, 0.717) is 13.1 Å². The lowest BCUT2D eigenvalue weighted by atomic mass is 10.1. The first kappa shape index (κ1) is 22.5. The quantitative estimate of drug-likeness (QED) is 0.419. The average Bonchev–Trinajstić information content (AvgIpc) is 3.34. The number of anilines is 1. The number of benzene rings is 2. The van der Waals surface area contributed by atoms with Crippen LogP contribution in [-0.2, 0) is 27.3 Å². The fourth-order valence-corrected chi connectivity index (χ4v) is 4.17. The predicted molar refractivity (Wildman–Crippen MR) is 129 cm³/mol. The highest BCUT2D eigenvalue weighted by Gasteiger charge is 2.29. The van der Waals surface area contributed by atoms with E-state index >= 15 is 0 Å². The SMILES string of the molecule is Cc1ccc(Cn2nc(C)c(C=CC(=O)OC(C)C(=O)N3CCc4ccccc43)c2C)cc1. The van der Waals surface area contributed by atoms with Crippen molar-refractivity contribution in [3.63, 3.8) is 0 Å². The molecule has 3 aromatic rings. The predicted octanol–water partition coefficient (Wildman–Crippen LogP) is 4.39. The van der Waals surface area contributed by atoms with Gasteiger partial charge in [0.25, 0.3) is 5.91 Å². The van der Waals surface area contributed by atoms with Crippen LogP contribution < -0.4 is 4.90 Å². The summed E-state index contributed by atoms with van der Waals surface area (Å²) >= 11 is 0. The molecule has 2 heterocycles. The molecule has 0 bridgehead atoms. The highest BCUT2D eigenvalue weighted by molar-refractivity contribution is 6.00. The van der Waals surface area contributed by atoms with Crippen molar-refractivity contribution in [2.45, 2.75) is 46.8 Å². The van der Waals surface area contributed by atoms with Gasteiger partial charge < -0.3 is 9.64 Å². The zero-order valence-corrected chi connectivity index (χ0v) is 19.5. The summed E-state index contributed by atoms with van der Waals surface area (Å²) in [6, 6.07) is 16.2. The smallest absolute Gasteiger partial charge is 0.331 e. The minimum Gasteiger partial charge on any atom is -0.449 e. The summed E-state index contributed by atoms with van der Waals surface area (Å²) in [4.78, 5) is 27.0. The Labute approximate surface area is 194 Å². The molecule has 4 rings (SSSR count). The number of nitrogens with zero attached hydrogens (tertiary/aromatic N) is 3. The van der Waals surface area contributed by atoms with Gasteiger partial charge in [-0.2, -0.15) is 5.10 Å². The Balaban J connectivity index is 1.40. The Hall–Kier alpha value is -3.67. The van der Waals surface area contributed by atoms with E-state index in [1.165, 1.54) is 11.6 Å². The van der Waals surface area contributed by atoms with Crippen LogP contribution in [0.3, 0.4) is 0 Å². The first-order valence-electron chi connectivity index (χ1n) is 11.2. The molecule has 1 amide bonds. The van der Waals surface area contributed by atoms with Crippen LogP contribution in [0, 0.1) is 20.8 Å². The van der Waals surface area contributed by atoms with Crippen molar-refractivity contribution >= 4 is 23.6 Å². The lowest BCUT2D eigenvalue weighted by Crippen LogP contribution is -2.38. The van der Waals surface area contributed by atoms with Crippen LogP contribution in [0.5, 0.6) is 0 Å². The second-order valence-electron chi connectivity index (χ2n) is 8.51. The van der Waals surface area contributed by atoms with Gasteiger partial charge in [-0.25, -0.2) is 4.79 Å². The molecule has 0 radical (unpaired) electrons. The van der Waals surface area contributed by atoms with Gasteiger partial charge in [-0.15, -0.1) is 0 Å². The maximum atomic E-state index is 12.8. The Kier molecular flexibility index (Phi) is 6.45. The number of carbonyl (C=O) groups excluding carboxylic acids is 2. The van der Waals surface area contributed by atoms with Crippen LogP contribution >= 0.6 is 0 Å². The van der Waals surface area contributed by atoms with E-state index in [9.17, 15) is 9.59 Å². The number of esters is 1. The zero-order chi connectivity index (χ0) is 23.5. The normalized spacial score (nSPS) is 13.9. The van der Waals surface area contributed by atoms with Gasteiger partial charge in [0, 0.05) is 29.6 Å². The van der Waals surface area contributed by atoms with Crippen LogP contribution in [-0.4, -0.2) is 34.3 Å². The summed E-state index contributed by atoms with van der Waals surface area (Å²) in [6.07, 6.45) is 3.04. The first-order chi connectivity index (χ1) is 15.8. The highest BCUT2D eigenvalue weighted by Crippen LogP contribution is 2.28. The van der Waals surface area contributed by atoms with E-state index in [1.54, 1.807) is 17.9 Å². The first-order valence-corrected chi connectivity index (χ1v) is 11.2. The summed E-state index contributed by atoms with van der Waals surface area (Å²) < 4.78 is 7.34.